The van der Waals surface area contributed by atoms with E-state index in [9.17, 15) is 4.79 Å². The van der Waals surface area contributed by atoms with Gasteiger partial charge in [0.25, 0.3) is 0 Å². The van der Waals surface area contributed by atoms with Gasteiger partial charge in [-0.15, -0.1) is 0 Å². The van der Waals surface area contributed by atoms with Crippen LogP contribution < -0.4 is 4.90 Å². The van der Waals surface area contributed by atoms with Crippen molar-refractivity contribution in [1.82, 2.24) is 9.88 Å². The molecule has 0 aliphatic carbocycles. The van der Waals surface area contributed by atoms with Crippen molar-refractivity contribution in [1.29, 1.82) is 0 Å². The van der Waals surface area contributed by atoms with Crippen molar-refractivity contribution in [3.05, 3.63) is 24.4 Å². The minimum Gasteiger partial charge on any atom is -0.353 e. The van der Waals surface area contributed by atoms with Crippen LogP contribution in [0.1, 0.15) is 6.42 Å². The van der Waals surface area contributed by atoms with Crippen LogP contribution in [-0.4, -0.2) is 47.7 Å². The summed E-state index contributed by atoms with van der Waals surface area (Å²) < 4.78 is 0. The van der Waals surface area contributed by atoms with E-state index in [1.165, 1.54) is 0 Å². The Morgan fingerprint density at radius 3 is 2.65 bits per heavy atom. The van der Waals surface area contributed by atoms with Crippen LogP contribution in [-0.2, 0) is 4.79 Å². The molecule has 0 aromatic carbocycles. The summed E-state index contributed by atoms with van der Waals surface area (Å²) in [6, 6.07) is 5.90. The summed E-state index contributed by atoms with van der Waals surface area (Å²) in [5.41, 5.74) is 0. The number of amides is 1. The fraction of sp³-hybridized carbons (Fsp3) is 0.500. The predicted octanol–water partition coefficient (Wildman–Crippen LogP) is 1.05. The summed E-state index contributed by atoms with van der Waals surface area (Å²) in [6.45, 7) is 3.27. The van der Waals surface area contributed by atoms with E-state index in [1.54, 1.807) is 6.20 Å². The third-order valence-corrected chi connectivity index (χ3v) is 3.15. The summed E-state index contributed by atoms with van der Waals surface area (Å²) in [7, 11) is 0. The minimum atomic E-state index is 0.209. The number of nitrogens with zero attached hydrogens (tertiary/aromatic N) is 3. The Morgan fingerprint density at radius 1 is 1.29 bits per heavy atom. The van der Waals surface area contributed by atoms with Gasteiger partial charge in [-0.25, -0.2) is 4.98 Å². The molecule has 2 heterocycles. The number of carbonyl (C=O) groups excluding carboxylic acids is 1. The van der Waals surface area contributed by atoms with Gasteiger partial charge in [0.2, 0.25) is 5.91 Å². The molecule has 0 bridgehead atoms. The molecule has 2 rings (SSSR count). The molecule has 17 heavy (non-hydrogen) atoms. The van der Waals surface area contributed by atoms with E-state index in [0.717, 1.165) is 32.0 Å². The Hall–Kier alpha value is -1.23. The van der Waals surface area contributed by atoms with E-state index in [4.69, 9.17) is 0 Å². The fourth-order valence-corrected chi connectivity index (χ4v) is 2.17. The third kappa shape index (κ3) is 3.12. The number of aromatic nitrogens is 1. The van der Waals surface area contributed by atoms with Crippen LogP contribution >= 0.6 is 12.6 Å². The smallest absolute Gasteiger partial charge is 0.223 e. The summed E-state index contributed by atoms with van der Waals surface area (Å²) in [5, 5.41) is 0. The Bertz CT molecular complexity index is 363. The first-order valence-electron chi connectivity index (χ1n) is 5.86. The van der Waals surface area contributed by atoms with Gasteiger partial charge in [0, 0.05) is 38.8 Å². The van der Waals surface area contributed by atoms with Gasteiger partial charge < -0.3 is 9.80 Å². The zero-order chi connectivity index (χ0) is 12.1. The molecule has 0 spiro atoms. The second-order valence-corrected chi connectivity index (χ2v) is 4.48. The molecular weight excluding hydrogens is 234 g/mol. The van der Waals surface area contributed by atoms with Crippen molar-refractivity contribution >= 4 is 24.4 Å². The highest BCUT2D eigenvalue weighted by molar-refractivity contribution is 7.80. The van der Waals surface area contributed by atoms with E-state index in [-0.39, 0.29) is 5.91 Å². The summed E-state index contributed by atoms with van der Waals surface area (Å²) in [4.78, 5) is 20.1. The van der Waals surface area contributed by atoms with Gasteiger partial charge in [-0.3, -0.25) is 4.79 Å². The van der Waals surface area contributed by atoms with Gasteiger partial charge >= 0.3 is 0 Å². The minimum absolute atomic E-state index is 0.209. The standard InChI is InChI=1S/C12H17N3OS/c16-12(4-10-17)15-8-6-14(7-9-15)11-3-1-2-5-13-11/h1-3,5,17H,4,6-10H2. The van der Waals surface area contributed by atoms with Gasteiger partial charge in [-0.2, -0.15) is 12.6 Å². The van der Waals surface area contributed by atoms with Crippen LogP contribution in [0.3, 0.4) is 0 Å². The van der Waals surface area contributed by atoms with E-state index in [0.29, 0.717) is 12.2 Å². The molecule has 1 aromatic rings. The maximum Gasteiger partial charge on any atom is 0.223 e. The van der Waals surface area contributed by atoms with Gasteiger partial charge in [0.1, 0.15) is 5.82 Å². The maximum absolute atomic E-state index is 11.7. The number of pyridine rings is 1. The Kier molecular flexibility index (Phi) is 4.25. The Labute approximate surface area is 107 Å². The molecule has 1 amide bonds. The van der Waals surface area contributed by atoms with Crippen molar-refractivity contribution in [2.75, 3.05) is 36.8 Å². The Morgan fingerprint density at radius 2 is 2.06 bits per heavy atom. The van der Waals surface area contributed by atoms with Crippen molar-refractivity contribution in [2.45, 2.75) is 6.42 Å². The van der Waals surface area contributed by atoms with Crippen LogP contribution in [0.5, 0.6) is 0 Å². The molecule has 1 aromatic heterocycles. The number of carbonyl (C=O) groups is 1. The van der Waals surface area contributed by atoms with Crippen molar-refractivity contribution < 1.29 is 4.79 Å². The fourth-order valence-electron chi connectivity index (χ4n) is 1.98. The lowest BCUT2D eigenvalue weighted by atomic mass is 10.3. The van der Waals surface area contributed by atoms with E-state index in [2.05, 4.69) is 22.5 Å². The van der Waals surface area contributed by atoms with Gasteiger partial charge in [-0.1, -0.05) is 6.07 Å². The first-order valence-corrected chi connectivity index (χ1v) is 6.49. The lowest BCUT2D eigenvalue weighted by Gasteiger charge is -2.35. The monoisotopic (exact) mass is 251 g/mol. The number of hydrogen-bond donors (Lipinski definition) is 1. The zero-order valence-electron chi connectivity index (χ0n) is 9.75. The second-order valence-electron chi connectivity index (χ2n) is 4.03. The van der Waals surface area contributed by atoms with Gasteiger partial charge in [-0.05, 0) is 17.9 Å². The molecule has 0 radical (unpaired) electrons. The lowest BCUT2D eigenvalue weighted by Crippen LogP contribution is -2.49. The van der Waals surface area contributed by atoms with E-state index in [1.807, 2.05) is 23.1 Å². The van der Waals surface area contributed by atoms with Crippen LogP contribution in [0.4, 0.5) is 5.82 Å². The number of rotatable bonds is 3. The van der Waals surface area contributed by atoms with Crippen molar-refractivity contribution in [3.63, 3.8) is 0 Å². The van der Waals surface area contributed by atoms with Crippen LogP contribution in [0.25, 0.3) is 0 Å². The maximum atomic E-state index is 11.7. The van der Waals surface area contributed by atoms with E-state index >= 15 is 0 Å². The van der Waals surface area contributed by atoms with Gasteiger partial charge in [0.15, 0.2) is 0 Å². The molecule has 92 valence electrons. The van der Waals surface area contributed by atoms with Crippen molar-refractivity contribution in [2.24, 2.45) is 0 Å². The normalized spacial score (nSPS) is 16.1. The molecule has 0 saturated carbocycles. The summed E-state index contributed by atoms with van der Waals surface area (Å²) >= 11 is 4.09. The molecule has 0 unspecified atom stereocenters. The predicted molar refractivity (Wildman–Crippen MR) is 71.5 cm³/mol. The SMILES string of the molecule is O=C(CCS)N1CCN(c2ccccn2)CC1. The highest BCUT2D eigenvalue weighted by Crippen LogP contribution is 2.12. The van der Waals surface area contributed by atoms with Crippen LogP contribution in [0.15, 0.2) is 24.4 Å². The lowest BCUT2D eigenvalue weighted by molar-refractivity contribution is -0.131. The zero-order valence-corrected chi connectivity index (χ0v) is 10.6. The average Bonchev–Trinajstić information content (AvgIpc) is 2.40. The van der Waals surface area contributed by atoms with Crippen molar-refractivity contribution in [3.8, 4) is 0 Å². The molecule has 4 nitrogen and oxygen atoms in total. The summed E-state index contributed by atoms with van der Waals surface area (Å²) in [6.07, 6.45) is 2.33. The number of hydrogen-bond acceptors (Lipinski definition) is 4. The molecule has 0 atom stereocenters. The molecule has 1 aliphatic heterocycles. The third-order valence-electron chi connectivity index (χ3n) is 2.93. The molecule has 5 heteroatoms. The molecule has 1 aliphatic rings. The largest absolute Gasteiger partial charge is 0.353 e. The molecule has 0 N–H and O–H groups in total. The molecular formula is C12H17N3OS. The first-order chi connectivity index (χ1) is 8.31. The number of anilines is 1. The van der Waals surface area contributed by atoms with Crippen LogP contribution in [0.2, 0.25) is 0 Å². The van der Waals surface area contributed by atoms with Gasteiger partial charge in [0.05, 0.1) is 0 Å². The average molecular weight is 251 g/mol. The number of thiol groups is 1. The highest BCUT2D eigenvalue weighted by atomic mass is 32.1. The number of piperazine rings is 1. The molecule has 1 saturated heterocycles. The highest BCUT2D eigenvalue weighted by Gasteiger charge is 2.20. The molecule has 1 fully saturated rings. The second kappa shape index (κ2) is 5.91. The van der Waals surface area contributed by atoms with Crippen LogP contribution in [0, 0.1) is 0 Å². The Balaban J connectivity index is 1.88. The van der Waals surface area contributed by atoms with E-state index < -0.39 is 0 Å². The quantitative estimate of drug-likeness (QED) is 0.816. The topological polar surface area (TPSA) is 36.4 Å². The first kappa shape index (κ1) is 12.2. The summed E-state index contributed by atoms with van der Waals surface area (Å²) in [5.74, 6) is 1.83.